The van der Waals surface area contributed by atoms with Crippen molar-refractivity contribution in [3.05, 3.63) is 33.3 Å². The summed E-state index contributed by atoms with van der Waals surface area (Å²) >= 11 is 11.2. The van der Waals surface area contributed by atoms with Crippen LogP contribution in [0.2, 0.25) is 10.0 Å². The molecular formula is C8H6Cl2F2. The molecular weight excluding hydrogens is 205 g/mol. The Morgan fingerprint density at radius 1 is 1.25 bits per heavy atom. The van der Waals surface area contributed by atoms with Gasteiger partial charge in [-0.3, -0.25) is 0 Å². The molecule has 0 bridgehead atoms. The minimum absolute atomic E-state index is 0.0231. The molecule has 0 fully saturated rings. The summed E-state index contributed by atoms with van der Waals surface area (Å²) in [5, 5.41) is 0.400. The second-order valence-electron chi connectivity index (χ2n) is 2.42. The van der Waals surface area contributed by atoms with E-state index in [-0.39, 0.29) is 10.6 Å². The van der Waals surface area contributed by atoms with Crippen LogP contribution in [0.5, 0.6) is 0 Å². The fraction of sp³-hybridized carbons (Fsp3) is 0.250. The van der Waals surface area contributed by atoms with E-state index in [0.717, 1.165) is 0 Å². The second-order valence-corrected chi connectivity index (χ2v) is 3.26. The van der Waals surface area contributed by atoms with Crippen LogP contribution >= 0.6 is 23.2 Å². The zero-order valence-corrected chi connectivity index (χ0v) is 7.76. The summed E-state index contributed by atoms with van der Waals surface area (Å²) in [7, 11) is 0. The summed E-state index contributed by atoms with van der Waals surface area (Å²) in [6.07, 6.45) is -2.55. The molecule has 0 aliphatic heterocycles. The van der Waals surface area contributed by atoms with E-state index < -0.39 is 6.43 Å². The molecule has 0 aromatic heterocycles. The quantitative estimate of drug-likeness (QED) is 0.651. The summed E-state index contributed by atoms with van der Waals surface area (Å²) in [6.45, 7) is 1.55. The normalized spacial score (nSPS) is 10.8. The maximum absolute atomic E-state index is 12.3. The Morgan fingerprint density at radius 3 is 2.25 bits per heavy atom. The van der Waals surface area contributed by atoms with Crippen LogP contribution < -0.4 is 0 Å². The number of rotatable bonds is 1. The van der Waals surface area contributed by atoms with Crippen molar-refractivity contribution in [2.75, 3.05) is 0 Å². The molecule has 0 saturated heterocycles. The fourth-order valence-corrected chi connectivity index (χ4v) is 1.67. The van der Waals surface area contributed by atoms with Gasteiger partial charge in [-0.15, -0.1) is 0 Å². The highest BCUT2D eigenvalue weighted by Gasteiger charge is 2.15. The van der Waals surface area contributed by atoms with Crippen molar-refractivity contribution in [1.29, 1.82) is 0 Å². The first kappa shape index (κ1) is 9.75. The number of aryl methyl sites for hydroxylation is 1. The fourth-order valence-electron chi connectivity index (χ4n) is 0.990. The molecule has 0 heterocycles. The van der Waals surface area contributed by atoms with E-state index >= 15 is 0 Å². The first-order chi connectivity index (χ1) is 5.52. The number of hydrogen-bond donors (Lipinski definition) is 0. The number of hydrogen-bond acceptors (Lipinski definition) is 0. The molecule has 4 heteroatoms. The van der Waals surface area contributed by atoms with Crippen LogP contribution in [0.4, 0.5) is 8.78 Å². The van der Waals surface area contributed by atoms with Crippen molar-refractivity contribution in [3.63, 3.8) is 0 Å². The first-order valence-electron chi connectivity index (χ1n) is 3.26. The monoisotopic (exact) mass is 210 g/mol. The standard InChI is InChI=1S/C8H6Cl2F2/c1-4-2-5(9)3-6(10)7(4)8(11)12/h2-3,8H,1H3. The zero-order valence-electron chi connectivity index (χ0n) is 6.24. The van der Waals surface area contributed by atoms with Gasteiger partial charge in [0, 0.05) is 10.6 Å². The lowest BCUT2D eigenvalue weighted by atomic mass is 10.1. The van der Waals surface area contributed by atoms with Gasteiger partial charge in [0.2, 0.25) is 0 Å². The molecule has 1 aromatic rings. The third kappa shape index (κ3) is 1.87. The largest absolute Gasteiger partial charge is 0.265 e. The Balaban J connectivity index is 3.28. The third-order valence-corrected chi connectivity index (χ3v) is 2.05. The average Bonchev–Trinajstić information content (AvgIpc) is 1.82. The summed E-state index contributed by atoms with van der Waals surface area (Å²) in [4.78, 5) is 0. The van der Waals surface area contributed by atoms with Crippen LogP contribution in [0.25, 0.3) is 0 Å². The van der Waals surface area contributed by atoms with Gasteiger partial charge in [-0.25, -0.2) is 8.78 Å². The topological polar surface area (TPSA) is 0 Å². The van der Waals surface area contributed by atoms with Crippen LogP contribution in [-0.4, -0.2) is 0 Å². The van der Waals surface area contributed by atoms with Crippen LogP contribution in [0.1, 0.15) is 17.6 Å². The highest BCUT2D eigenvalue weighted by atomic mass is 35.5. The highest BCUT2D eigenvalue weighted by molar-refractivity contribution is 6.35. The van der Waals surface area contributed by atoms with Gasteiger partial charge in [-0.05, 0) is 24.6 Å². The Kier molecular flexibility index (Phi) is 2.91. The minimum atomic E-state index is -2.55. The van der Waals surface area contributed by atoms with E-state index in [4.69, 9.17) is 23.2 Å². The predicted octanol–water partition coefficient (Wildman–Crippen LogP) is 4.24. The van der Waals surface area contributed by atoms with Gasteiger partial charge >= 0.3 is 0 Å². The van der Waals surface area contributed by atoms with Crippen molar-refractivity contribution in [1.82, 2.24) is 0 Å². The molecule has 0 saturated carbocycles. The number of halogens is 4. The van der Waals surface area contributed by atoms with E-state index in [0.29, 0.717) is 10.6 Å². The van der Waals surface area contributed by atoms with Crippen LogP contribution in [0.3, 0.4) is 0 Å². The van der Waals surface area contributed by atoms with Crippen molar-refractivity contribution >= 4 is 23.2 Å². The molecule has 0 radical (unpaired) electrons. The molecule has 0 amide bonds. The average molecular weight is 211 g/mol. The molecule has 0 aliphatic carbocycles. The van der Waals surface area contributed by atoms with Crippen LogP contribution in [-0.2, 0) is 0 Å². The molecule has 1 rings (SSSR count). The number of alkyl halides is 2. The Bertz CT molecular complexity index is 274. The van der Waals surface area contributed by atoms with E-state index in [1.54, 1.807) is 6.92 Å². The molecule has 0 spiro atoms. The van der Waals surface area contributed by atoms with Gasteiger partial charge in [-0.1, -0.05) is 23.2 Å². The van der Waals surface area contributed by atoms with Crippen molar-refractivity contribution in [3.8, 4) is 0 Å². The summed E-state index contributed by atoms with van der Waals surface area (Å²) < 4.78 is 24.6. The van der Waals surface area contributed by atoms with Gasteiger partial charge in [0.05, 0.1) is 5.02 Å². The second kappa shape index (κ2) is 3.58. The van der Waals surface area contributed by atoms with Crippen LogP contribution in [0, 0.1) is 6.92 Å². The lowest BCUT2D eigenvalue weighted by Crippen LogP contribution is -1.90. The summed E-state index contributed by atoms with van der Waals surface area (Å²) in [5.74, 6) is 0. The van der Waals surface area contributed by atoms with Gasteiger partial charge in [-0.2, -0.15) is 0 Å². The SMILES string of the molecule is Cc1cc(Cl)cc(Cl)c1C(F)F. The molecule has 0 atom stereocenters. The van der Waals surface area contributed by atoms with E-state index in [1.807, 2.05) is 0 Å². The number of benzene rings is 1. The molecule has 0 unspecified atom stereocenters. The summed E-state index contributed by atoms with van der Waals surface area (Å²) in [6, 6.07) is 2.78. The van der Waals surface area contributed by atoms with Gasteiger partial charge < -0.3 is 0 Å². The van der Waals surface area contributed by atoms with Crippen molar-refractivity contribution in [2.45, 2.75) is 13.3 Å². The highest BCUT2D eigenvalue weighted by Crippen LogP contribution is 2.32. The van der Waals surface area contributed by atoms with E-state index in [2.05, 4.69) is 0 Å². The van der Waals surface area contributed by atoms with Crippen molar-refractivity contribution < 1.29 is 8.78 Å². The van der Waals surface area contributed by atoms with Crippen molar-refractivity contribution in [2.24, 2.45) is 0 Å². The summed E-state index contributed by atoms with van der Waals surface area (Å²) in [5.41, 5.74) is 0.281. The Hall–Kier alpha value is -0.340. The van der Waals surface area contributed by atoms with E-state index in [9.17, 15) is 8.78 Å². The smallest absolute Gasteiger partial charge is 0.205 e. The first-order valence-corrected chi connectivity index (χ1v) is 4.01. The third-order valence-electron chi connectivity index (χ3n) is 1.52. The molecule has 0 N–H and O–H groups in total. The van der Waals surface area contributed by atoms with Gasteiger partial charge in [0.15, 0.2) is 0 Å². The maximum atomic E-state index is 12.3. The maximum Gasteiger partial charge on any atom is 0.265 e. The molecule has 0 aliphatic rings. The molecule has 1 aromatic carbocycles. The Labute approximate surface area is 79.1 Å². The lowest BCUT2D eigenvalue weighted by molar-refractivity contribution is 0.150. The van der Waals surface area contributed by atoms with Gasteiger partial charge in [0.25, 0.3) is 6.43 Å². The minimum Gasteiger partial charge on any atom is -0.205 e. The van der Waals surface area contributed by atoms with Gasteiger partial charge in [0.1, 0.15) is 0 Å². The molecule has 66 valence electrons. The zero-order chi connectivity index (χ0) is 9.30. The van der Waals surface area contributed by atoms with E-state index in [1.165, 1.54) is 12.1 Å². The Morgan fingerprint density at radius 2 is 1.83 bits per heavy atom. The lowest BCUT2D eigenvalue weighted by Gasteiger charge is -2.06. The predicted molar refractivity (Wildman–Crippen MR) is 46.2 cm³/mol. The van der Waals surface area contributed by atoms with Crippen LogP contribution in [0.15, 0.2) is 12.1 Å². The molecule has 0 nitrogen and oxygen atoms in total. The molecule has 12 heavy (non-hydrogen) atoms.